The first-order valence-corrected chi connectivity index (χ1v) is 6.13. The fraction of sp³-hybridized carbons (Fsp3) is 0.385. The number of nitrogens with two attached hydrogens (primary N) is 1. The smallest absolute Gasteiger partial charge is 0.137 e. The summed E-state index contributed by atoms with van der Waals surface area (Å²) in [6.45, 7) is 0.855. The molecule has 1 aliphatic rings. The van der Waals surface area contributed by atoms with Gasteiger partial charge in [-0.1, -0.05) is 12.1 Å². The lowest BCUT2D eigenvalue weighted by Crippen LogP contribution is -2.31. The molecule has 0 fully saturated rings. The van der Waals surface area contributed by atoms with Crippen LogP contribution < -0.4 is 5.73 Å². The number of aromatic nitrogens is 3. The first-order chi connectivity index (χ1) is 8.72. The molecular formula is C13H15FN4. The number of benzene rings is 1. The maximum atomic E-state index is 13.1. The Labute approximate surface area is 105 Å². The molecule has 1 aliphatic heterocycles. The van der Waals surface area contributed by atoms with E-state index >= 15 is 0 Å². The molecule has 94 valence electrons. The lowest BCUT2D eigenvalue weighted by molar-refractivity contribution is 0.455. The van der Waals surface area contributed by atoms with Crippen LogP contribution in [-0.4, -0.2) is 20.8 Å². The summed E-state index contributed by atoms with van der Waals surface area (Å²) < 4.78 is 15.2. The van der Waals surface area contributed by atoms with Gasteiger partial charge in [0.1, 0.15) is 17.5 Å². The van der Waals surface area contributed by atoms with Gasteiger partial charge in [0.15, 0.2) is 0 Å². The van der Waals surface area contributed by atoms with Crippen LogP contribution >= 0.6 is 0 Å². The normalized spacial score (nSPS) is 18.7. The minimum absolute atomic E-state index is 0.184. The summed E-state index contributed by atoms with van der Waals surface area (Å²) in [5, 5.41) is 8.36. The van der Waals surface area contributed by atoms with Gasteiger partial charge < -0.3 is 10.3 Å². The van der Waals surface area contributed by atoms with Gasteiger partial charge in [-0.2, -0.15) is 0 Å². The number of fused-ring (bicyclic) bond motifs is 1. The van der Waals surface area contributed by atoms with Crippen LogP contribution in [0.5, 0.6) is 0 Å². The van der Waals surface area contributed by atoms with Gasteiger partial charge in [0, 0.05) is 25.4 Å². The Morgan fingerprint density at radius 3 is 3.11 bits per heavy atom. The van der Waals surface area contributed by atoms with Gasteiger partial charge in [0.25, 0.3) is 0 Å². The molecule has 18 heavy (non-hydrogen) atoms. The Morgan fingerprint density at radius 1 is 1.39 bits per heavy atom. The van der Waals surface area contributed by atoms with E-state index in [1.807, 2.05) is 6.07 Å². The largest absolute Gasteiger partial charge is 0.327 e. The molecule has 0 amide bonds. The van der Waals surface area contributed by atoms with E-state index in [2.05, 4.69) is 14.8 Å². The van der Waals surface area contributed by atoms with E-state index in [1.54, 1.807) is 6.07 Å². The van der Waals surface area contributed by atoms with E-state index in [0.717, 1.165) is 36.6 Å². The molecule has 0 spiro atoms. The lowest BCUT2D eigenvalue weighted by Gasteiger charge is -2.20. The summed E-state index contributed by atoms with van der Waals surface area (Å²) in [4.78, 5) is 0. The highest BCUT2D eigenvalue weighted by Crippen LogP contribution is 2.16. The molecule has 5 heteroatoms. The van der Waals surface area contributed by atoms with Crippen molar-refractivity contribution in [3.05, 3.63) is 47.3 Å². The van der Waals surface area contributed by atoms with Crippen molar-refractivity contribution >= 4 is 0 Å². The Bertz CT molecular complexity index is 564. The maximum Gasteiger partial charge on any atom is 0.137 e. The van der Waals surface area contributed by atoms with Crippen LogP contribution in [0.2, 0.25) is 0 Å². The highest BCUT2D eigenvalue weighted by molar-refractivity contribution is 5.20. The molecule has 2 N–H and O–H groups in total. The summed E-state index contributed by atoms with van der Waals surface area (Å²) in [5.41, 5.74) is 6.82. The van der Waals surface area contributed by atoms with Crippen LogP contribution in [0.4, 0.5) is 4.39 Å². The van der Waals surface area contributed by atoms with Gasteiger partial charge in [-0.3, -0.25) is 0 Å². The molecule has 1 aromatic heterocycles. The van der Waals surface area contributed by atoms with Crippen molar-refractivity contribution in [2.24, 2.45) is 5.73 Å². The molecule has 0 bridgehead atoms. The number of hydrogen-bond donors (Lipinski definition) is 1. The van der Waals surface area contributed by atoms with Crippen LogP contribution in [0.3, 0.4) is 0 Å². The zero-order valence-corrected chi connectivity index (χ0v) is 10.0. The zero-order valence-electron chi connectivity index (χ0n) is 10.0. The van der Waals surface area contributed by atoms with E-state index in [0.29, 0.717) is 6.42 Å². The number of rotatable bonds is 2. The number of nitrogens with zero attached hydrogens (tertiary/aromatic N) is 3. The Morgan fingerprint density at radius 2 is 2.28 bits per heavy atom. The van der Waals surface area contributed by atoms with Crippen LogP contribution in [0.25, 0.3) is 0 Å². The highest BCUT2D eigenvalue weighted by Gasteiger charge is 2.20. The standard InChI is InChI=1S/C13H15FN4/c14-10-3-1-2-9(6-10)7-12-16-17-13-8-11(15)4-5-18(12)13/h1-3,6,11H,4-5,7-8,15H2. The van der Waals surface area contributed by atoms with Crippen molar-refractivity contribution in [1.29, 1.82) is 0 Å². The van der Waals surface area contributed by atoms with Crippen molar-refractivity contribution in [3.8, 4) is 0 Å². The van der Waals surface area contributed by atoms with Crippen molar-refractivity contribution in [1.82, 2.24) is 14.8 Å². The molecule has 2 aromatic rings. The predicted molar refractivity (Wildman–Crippen MR) is 65.5 cm³/mol. The van der Waals surface area contributed by atoms with E-state index in [-0.39, 0.29) is 11.9 Å². The van der Waals surface area contributed by atoms with Crippen molar-refractivity contribution in [3.63, 3.8) is 0 Å². The van der Waals surface area contributed by atoms with Crippen molar-refractivity contribution in [2.45, 2.75) is 31.8 Å². The summed E-state index contributed by atoms with van der Waals surface area (Å²) >= 11 is 0. The van der Waals surface area contributed by atoms with Crippen molar-refractivity contribution in [2.75, 3.05) is 0 Å². The zero-order chi connectivity index (χ0) is 12.5. The Balaban J connectivity index is 1.86. The molecule has 1 atom stereocenters. The molecule has 4 nitrogen and oxygen atoms in total. The Hall–Kier alpha value is -1.75. The fourth-order valence-corrected chi connectivity index (χ4v) is 2.37. The summed E-state index contributed by atoms with van der Waals surface area (Å²) in [6.07, 6.45) is 2.33. The van der Waals surface area contributed by atoms with E-state index in [9.17, 15) is 4.39 Å². The molecule has 0 radical (unpaired) electrons. The van der Waals surface area contributed by atoms with Gasteiger partial charge in [0.05, 0.1) is 0 Å². The molecule has 2 heterocycles. The SMILES string of the molecule is NC1CCn2c(Cc3cccc(F)c3)nnc2C1. The molecule has 1 aromatic carbocycles. The van der Waals surface area contributed by atoms with Gasteiger partial charge >= 0.3 is 0 Å². The van der Waals surface area contributed by atoms with Crippen molar-refractivity contribution < 1.29 is 4.39 Å². The van der Waals surface area contributed by atoms with Crippen LogP contribution in [0.15, 0.2) is 24.3 Å². The van der Waals surface area contributed by atoms with Gasteiger partial charge in [0.2, 0.25) is 0 Å². The lowest BCUT2D eigenvalue weighted by atomic mass is 10.1. The number of halogens is 1. The second-order valence-electron chi connectivity index (χ2n) is 4.74. The van der Waals surface area contributed by atoms with Crippen LogP contribution in [0.1, 0.15) is 23.6 Å². The molecule has 1 unspecified atom stereocenters. The summed E-state index contributed by atoms with van der Waals surface area (Å²) in [5.74, 6) is 1.62. The maximum absolute atomic E-state index is 13.1. The predicted octanol–water partition coefficient (Wildman–Crippen LogP) is 1.28. The van der Waals surface area contributed by atoms with E-state index in [1.165, 1.54) is 12.1 Å². The average Bonchev–Trinajstić information content (AvgIpc) is 2.72. The van der Waals surface area contributed by atoms with E-state index < -0.39 is 0 Å². The Kier molecular flexibility index (Phi) is 2.83. The third kappa shape index (κ3) is 2.13. The second-order valence-corrected chi connectivity index (χ2v) is 4.74. The minimum atomic E-state index is -0.215. The summed E-state index contributed by atoms with van der Waals surface area (Å²) in [6, 6.07) is 6.79. The first kappa shape index (κ1) is 11.3. The number of hydrogen-bond acceptors (Lipinski definition) is 3. The first-order valence-electron chi connectivity index (χ1n) is 6.13. The molecule has 3 rings (SSSR count). The van der Waals surface area contributed by atoms with Gasteiger partial charge in [-0.25, -0.2) is 4.39 Å². The second kappa shape index (κ2) is 4.49. The molecule has 0 saturated carbocycles. The topological polar surface area (TPSA) is 56.7 Å². The molecule has 0 aliphatic carbocycles. The monoisotopic (exact) mass is 246 g/mol. The minimum Gasteiger partial charge on any atom is -0.327 e. The molecular weight excluding hydrogens is 231 g/mol. The third-order valence-corrected chi connectivity index (χ3v) is 3.32. The molecule has 0 saturated heterocycles. The highest BCUT2D eigenvalue weighted by atomic mass is 19.1. The summed E-state index contributed by atoms with van der Waals surface area (Å²) in [7, 11) is 0. The van der Waals surface area contributed by atoms with Gasteiger partial charge in [-0.05, 0) is 24.1 Å². The average molecular weight is 246 g/mol. The van der Waals surface area contributed by atoms with E-state index in [4.69, 9.17) is 5.73 Å². The van der Waals surface area contributed by atoms with Crippen LogP contribution in [0, 0.1) is 5.82 Å². The fourth-order valence-electron chi connectivity index (χ4n) is 2.37. The quantitative estimate of drug-likeness (QED) is 0.868. The van der Waals surface area contributed by atoms with Gasteiger partial charge in [-0.15, -0.1) is 10.2 Å². The third-order valence-electron chi connectivity index (χ3n) is 3.32. The van der Waals surface area contributed by atoms with Crippen LogP contribution in [-0.2, 0) is 19.4 Å².